The van der Waals surface area contributed by atoms with Crippen LogP contribution < -0.4 is 5.32 Å². The first-order chi connectivity index (χ1) is 7.16. The Hall–Kier alpha value is -1.10. The summed E-state index contributed by atoms with van der Waals surface area (Å²) in [7, 11) is 0. The minimum Gasteiger partial charge on any atom is -0.379 e. The first kappa shape index (κ1) is 12.0. The fourth-order valence-electron chi connectivity index (χ4n) is 1.24. The van der Waals surface area contributed by atoms with E-state index in [4.69, 9.17) is 0 Å². The number of nitro benzene ring substituents is 1. The molecule has 0 spiro atoms. The predicted molar refractivity (Wildman–Crippen MR) is 64.2 cm³/mol. The van der Waals surface area contributed by atoms with Gasteiger partial charge in [-0.25, -0.2) is 0 Å². The molecule has 1 N–H and O–H groups in total. The lowest BCUT2D eigenvalue weighted by Crippen LogP contribution is -2.04. The fourth-order valence-corrected chi connectivity index (χ4v) is 1.75. The van der Waals surface area contributed by atoms with Crippen LogP contribution in [-0.4, -0.2) is 11.5 Å². The molecule has 0 heterocycles. The van der Waals surface area contributed by atoms with E-state index in [0.717, 1.165) is 19.4 Å². The van der Waals surface area contributed by atoms with Crippen LogP contribution in [0.25, 0.3) is 0 Å². The van der Waals surface area contributed by atoms with Crippen LogP contribution in [0.3, 0.4) is 0 Å². The van der Waals surface area contributed by atoms with Crippen molar-refractivity contribution in [1.82, 2.24) is 0 Å². The third-order valence-corrected chi connectivity index (χ3v) is 2.66. The molecule has 0 atom stereocenters. The van der Waals surface area contributed by atoms with Crippen molar-refractivity contribution in [1.29, 1.82) is 0 Å². The van der Waals surface area contributed by atoms with Crippen molar-refractivity contribution < 1.29 is 4.92 Å². The second-order valence-electron chi connectivity index (χ2n) is 3.17. The predicted octanol–water partition coefficient (Wildman–Crippen LogP) is 3.57. The summed E-state index contributed by atoms with van der Waals surface area (Å²) in [4.78, 5) is 10.4. The monoisotopic (exact) mass is 272 g/mol. The Balaban J connectivity index is 2.86. The molecular formula is C10H13BrN2O2. The summed E-state index contributed by atoms with van der Waals surface area (Å²) in [5.41, 5.74) is 0.677. The topological polar surface area (TPSA) is 55.2 Å². The maximum absolute atomic E-state index is 10.8. The molecule has 0 amide bonds. The van der Waals surface area contributed by atoms with Crippen LogP contribution in [0, 0.1) is 10.1 Å². The standard InChI is InChI=1S/C10H13BrN2O2/c1-2-3-7-12-9-6-4-5-8(11)10(9)13(14)15/h4-6,12H,2-3,7H2,1H3. The number of nitrogens with one attached hydrogen (secondary N) is 1. The molecule has 0 fully saturated rings. The van der Waals surface area contributed by atoms with E-state index in [-0.39, 0.29) is 10.6 Å². The van der Waals surface area contributed by atoms with Crippen LogP contribution in [-0.2, 0) is 0 Å². The summed E-state index contributed by atoms with van der Waals surface area (Å²) in [5, 5.41) is 13.9. The van der Waals surface area contributed by atoms with Crippen molar-refractivity contribution in [3.05, 3.63) is 32.8 Å². The Morgan fingerprint density at radius 3 is 2.87 bits per heavy atom. The number of benzene rings is 1. The zero-order valence-corrected chi connectivity index (χ0v) is 10.1. The van der Waals surface area contributed by atoms with Crippen LogP contribution in [0.5, 0.6) is 0 Å². The largest absolute Gasteiger partial charge is 0.379 e. The van der Waals surface area contributed by atoms with Gasteiger partial charge in [-0.1, -0.05) is 19.4 Å². The molecule has 82 valence electrons. The third kappa shape index (κ3) is 3.20. The number of halogens is 1. The van der Waals surface area contributed by atoms with Crippen LogP contribution in [0.15, 0.2) is 22.7 Å². The van der Waals surface area contributed by atoms with Gasteiger partial charge in [-0.2, -0.15) is 0 Å². The van der Waals surface area contributed by atoms with Gasteiger partial charge in [-0.05, 0) is 34.5 Å². The van der Waals surface area contributed by atoms with Crippen LogP contribution in [0.1, 0.15) is 19.8 Å². The Morgan fingerprint density at radius 1 is 1.53 bits per heavy atom. The number of para-hydroxylation sites is 1. The fraction of sp³-hybridized carbons (Fsp3) is 0.400. The Labute approximate surface area is 97.0 Å². The second-order valence-corrected chi connectivity index (χ2v) is 4.03. The lowest BCUT2D eigenvalue weighted by atomic mass is 10.2. The summed E-state index contributed by atoms with van der Waals surface area (Å²) in [6.45, 7) is 2.84. The van der Waals surface area contributed by atoms with E-state index >= 15 is 0 Å². The van der Waals surface area contributed by atoms with E-state index in [9.17, 15) is 10.1 Å². The molecule has 5 heteroatoms. The second kappa shape index (κ2) is 5.70. The molecule has 0 saturated carbocycles. The number of nitro groups is 1. The smallest absolute Gasteiger partial charge is 0.306 e. The van der Waals surface area contributed by atoms with E-state index < -0.39 is 0 Å². The summed E-state index contributed by atoms with van der Waals surface area (Å²) in [6.07, 6.45) is 2.07. The van der Waals surface area contributed by atoms with E-state index in [0.29, 0.717) is 10.2 Å². The zero-order valence-electron chi connectivity index (χ0n) is 8.50. The minimum absolute atomic E-state index is 0.105. The van der Waals surface area contributed by atoms with E-state index in [1.54, 1.807) is 18.2 Å². The molecule has 0 unspecified atom stereocenters. The summed E-state index contributed by atoms with van der Waals surface area (Å²) in [6, 6.07) is 5.17. The van der Waals surface area contributed by atoms with Gasteiger partial charge >= 0.3 is 5.69 Å². The quantitative estimate of drug-likeness (QED) is 0.507. The SMILES string of the molecule is CCCCNc1cccc(Br)c1[N+](=O)[O-]. The summed E-state index contributed by atoms with van der Waals surface area (Å²) >= 11 is 3.18. The average molecular weight is 273 g/mol. The first-order valence-electron chi connectivity index (χ1n) is 4.83. The van der Waals surface area contributed by atoms with Crippen molar-refractivity contribution >= 4 is 27.3 Å². The number of hydrogen-bond acceptors (Lipinski definition) is 3. The van der Waals surface area contributed by atoms with Gasteiger partial charge in [-0.15, -0.1) is 0 Å². The molecule has 1 rings (SSSR count). The van der Waals surface area contributed by atoms with Gasteiger partial charge in [0.1, 0.15) is 5.69 Å². The summed E-state index contributed by atoms with van der Waals surface area (Å²) in [5.74, 6) is 0. The number of nitrogens with zero attached hydrogens (tertiary/aromatic N) is 1. The van der Waals surface area contributed by atoms with Crippen molar-refractivity contribution in [2.24, 2.45) is 0 Å². The van der Waals surface area contributed by atoms with Crippen LogP contribution in [0.4, 0.5) is 11.4 Å². The highest BCUT2D eigenvalue weighted by Gasteiger charge is 2.16. The Bertz CT molecular complexity index is 355. The molecule has 0 radical (unpaired) electrons. The molecule has 0 saturated heterocycles. The highest BCUT2D eigenvalue weighted by Crippen LogP contribution is 2.32. The van der Waals surface area contributed by atoms with Gasteiger partial charge in [0, 0.05) is 6.54 Å². The van der Waals surface area contributed by atoms with Crippen molar-refractivity contribution in [3.8, 4) is 0 Å². The maximum atomic E-state index is 10.8. The van der Waals surface area contributed by atoms with Crippen molar-refractivity contribution in [2.75, 3.05) is 11.9 Å². The van der Waals surface area contributed by atoms with Crippen molar-refractivity contribution in [3.63, 3.8) is 0 Å². The van der Waals surface area contributed by atoms with Crippen LogP contribution in [0.2, 0.25) is 0 Å². The lowest BCUT2D eigenvalue weighted by molar-refractivity contribution is -0.384. The van der Waals surface area contributed by atoms with Gasteiger partial charge in [-0.3, -0.25) is 10.1 Å². The van der Waals surface area contributed by atoms with E-state index in [1.165, 1.54) is 0 Å². The lowest BCUT2D eigenvalue weighted by Gasteiger charge is -2.06. The molecule has 4 nitrogen and oxygen atoms in total. The van der Waals surface area contributed by atoms with Gasteiger partial charge in [0.15, 0.2) is 0 Å². The minimum atomic E-state index is -0.377. The molecule has 0 bridgehead atoms. The molecule has 0 aromatic heterocycles. The first-order valence-corrected chi connectivity index (χ1v) is 5.63. The number of rotatable bonds is 5. The average Bonchev–Trinajstić information content (AvgIpc) is 2.17. The van der Waals surface area contributed by atoms with Gasteiger partial charge in [0.05, 0.1) is 9.40 Å². The van der Waals surface area contributed by atoms with Crippen LogP contribution >= 0.6 is 15.9 Å². The Kier molecular flexibility index (Phi) is 4.55. The molecule has 1 aromatic rings. The number of hydrogen-bond donors (Lipinski definition) is 1. The molecule has 1 aromatic carbocycles. The Morgan fingerprint density at radius 2 is 2.27 bits per heavy atom. The third-order valence-electron chi connectivity index (χ3n) is 2.02. The summed E-state index contributed by atoms with van der Waals surface area (Å²) < 4.78 is 0.508. The van der Waals surface area contributed by atoms with E-state index in [1.807, 2.05) is 0 Å². The normalized spacial score (nSPS) is 10.0. The highest BCUT2D eigenvalue weighted by atomic mass is 79.9. The van der Waals surface area contributed by atoms with E-state index in [2.05, 4.69) is 28.2 Å². The number of anilines is 1. The molecular weight excluding hydrogens is 260 g/mol. The van der Waals surface area contributed by atoms with Gasteiger partial charge < -0.3 is 5.32 Å². The number of unbranched alkanes of at least 4 members (excludes halogenated alkanes) is 1. The van der Waals surface area contributed by atoms with Crippen molar-refractivity contribution in [2.45, 2.75) is 19.8 Å². The highest BCUT2D eigenvalue weighted by molar-refractivity contribution is 9.10. The van der Waals surface area contributed by atoms with Gasteiger partial charge in [0.25, 0.3) is 0 Å². The molecule has 0 aliphatic heterocycles. The molecule has 0 aliphatic carbocycles. The van der Waals surface area contributed by atoms with Gasteiger partial charge in [0.2, 0.25) is 0 Å². The maximum Gasteiger partial charge on any atom is 0.306 e. The zero-order chi connectivity index (χ0) is 11.3. The molecule has 0 aliphatic rings. The molecule has 15 heavy (non-hydrogen) atoms.